The van der Waals surface area contributed by atoms with Crippen LogP contribution in [0.4, 0.5) is 14.5 Å². The summed E-state index contributed by atoms with van der Waals surface area (Å²) in [5, 5.41) is 2.83. The maximum atomic E-state index is 13.4. The van der Waals surface area contributed by atoms with Gasteiger partial charge in [0.05, 0.1) is 10.2 Å². The standard InChI is InChI=1S/C11H9BrF2N2/c12-8-3-10(14)11(4-9(8)13)16-6-7-1-2-15-5-7/h1-5,15-16H,6H2. The minimum atomic E-state index is -0.488. The number of H-pyrrole nitrogens is 1. The second-order valence-electron chi connectivity index (χ2n) is 3.32. The molecule has 0 saturated carbocycles. The van der Waals surface area contributed by atoms with E-state index in [-0.39, 0.29) is 10.2 Å². The van der Waals surface area contributed by atoms with E-state index in [0.717, 1.165) is 17.7 Å². The highest BCUT2D eigenvalue weighted by Gasteiger charge is 2.07. The summed E-state index contributed by atoms with van der Waals surface area (Å²) in [6, 6.07) is 4.10. The number of nitrogens with one attached hydrogen (secondary N) is 2. The Bertz CT molecular complexity index is 483. The Kier molecular flexibility index (Phi) is 3.24. The van der Waals surface area contributed by atoms with Crippen LogP contribution in [0.25, 0.3) is 0 Å². The predicted molar refractivity (Wildman–Crippen MR) is 62.2 cm³/mol. The topological polar surface area (TPSA) is 27.8 Å². The van der Waals surface area contributed by atoms with Gasteiger partial charge in [0.15, 0.2) is 0 Å². The van der Waals surface area contributed by atoms with Crippen molar-refractivity contribution < 1.29 is 8.78 Å². The van der Waals surface area contributed by atoms with Crippen LogP contribution in [0.3, 0.4) is 0 Å². The maximum absolute atomic E-state index is 13.4. The van der Waals surface area contributed by atoms with E-state index in [9.17, 15) is 8.78 Å². The summed E-state index contributed by atoms with van der Waals surface area (Å²) < 4.78 is 26.7. The van der Waals surface area contributed by atoms with Gasteiger partial charge in [0.1, 0.15) is 11.6 Å². The number of rotatable bonds is 3. The van der Waals surface area contributed by atoms with Gasteiger partial charge in [0.2, 0.25) is 0 Å². The van der Waals surface area contributed by atoms with Crippen molar-refractivity contribution in [3.05, 3.63) is 52.3 Å². The first kappa shape index (κ1) is 11.1. The lowest BCUT2D eigenvalue weighted by Gasteiger charge is -2.07. The number of hydrogen-bond donors (Lipinski definition) is 2. The molecule has 0 spiro atoms. The van der Waals surface area contributed by atoms with Crippen molar-refractivity contribution in [3.8, 4) is 0 Å². The van der Waals surface area contributed by atoms with Gasteiger partial charge in [-0.05, 0) is 33.6 Å². The fraction of sp³-hybridized carbons (Fsp3) is 0.0909. The van der Waals surface area contributed by atoms with Crippen molar-refractivity contribution in [1.82, 2.24) is 4.98 Å². The summed E-state index contributed by atoms with van der Waals surface area (Å²) in [4.78, 5) is 2.89. The highest BCUT2D eigenvalue weighted by atomic mass is 79.9. The minimum absolute atomic E-state index is 0.122. The molecule has 5 heteroatoms. The zero-order valence-corrected chi connectivity index (χ0v) is 9.81. The molecule has 0 aliphatic rings. The van der Waals surface area contributed by atoms with Gasteiger partial charge in [0, 0.05) is 25.0 Å². The monoisotopic (exact) mass is 286 g/mol. The lowest BCUT2D eigenvalue weighted by molar-refractivity contribution is 0.596. The molecular formula is C11H9BrF2N2. The molecule has 0 fully saturated rings. The molecule has 0 saturated heterocycles. The number of anilines is 1. The Balaban J connectivity index is 2.12. The molecule has 1 heterocycles. The van der Waals surface area contributed by atoms with Gasteiger partial charge in [-0.1, -0.05) is 0 Å². The molecule has 0 unspecified atom stereocenters. The summed E-state index contributed by atoms with van der Waals surface area (Å²) in [6.07, 6.45) is 3.57. The zero-order chi connectivity index (χ0) is 11.5. The summed E-state index contributed by atoms with van der Waals surface area (Å²) in [5.74, 6) is -0.971. The predicted octanol–water partition coefficient (Wildman–Crippen LogP) is 3.67. The molecule has 0 aliphatic carbocycles. The second kappa shape index (κ2) is 4.65. The van der Waals surface area contributed by atoms with Crippen LogP contribution in [0, 0.1) is 11.6 Å². The van der Waals surface area contributed by atoms with Gasteiger partial charge < -0.3 is 10.3 Å². The summed E-state index contributed by atoms with van der Waals surface area (Å²) in [6.45, 7) is 0.446. The van der Waals surface area contributed by atoms with E-state index in [0.29, 0.717) is 6.54 Å². The Labute approximate surface area is 99.8 Å². The summed E-state index contributed by atoms with van der Waals surface area (Å²) in [7, 11) is 0. The normalized spacial score (nSPS) is 10.4. The molecule has 0 radical (unpaired) electrons. The molecule has 16 heavy (non-hydrogen) atoms. The number of aromatic amines is 1. The van der Waals surface area contributed by atoms with Gasteiger partial charge in [-0.15, -0.1) is 0 Å². The van der Waals surface area contributed by atoms with Gasteiger partial charge in [-0.2, -0.15) is 0 Å². The van der Waals surface area contributed by atoms with Crippen molar-refractivity contribution >= 4 is 21.6 Å². The first-order valence-electron chi connectivity index (χ1n) is 4.67. The Hall–Kier alpha value is -1.36. The van der Waals surface area contributed by atoms with Crippen molar-refractivity contribution in [2.45, 2.75) is 6.54 Å². The molecule has 2 rings (SSSR count). The van der Waals surface area contributed by atoms with Crippen molar-refractivity contribution in [2.24, 2.45) is 0 Å². The molecule has 1 aromatic heterocycles. The van der Waals surface area contributed by atoms with Gasteiger partial charge in [0.25, 0.3) is 0 Å². The summed E-state index contributed by atoms with van der Waals surface area (Å²) in [5.41, 5.74) is 1.13. The average Bonchev–Trinajstić information content (AvgIpc) is 2.74. The van der Waals surface area contributed by atoms with E-state index in [1.165, 1.54) is 0 Å². The van der Waals surface area contributed by atoms with Gasteiger partial charge >= 0.3 is 0 Å². The Morgan fingerprint density at radius 1 is 1.25 bits per heavy atom. The Morgan fingerprint density at radius 2 is 2.06 bits per heavy atom. The van der Waals surface area contributed by atoms with Crippen LogP contribution in [-0.2, 0) is 6.54 Å². The Morgan fingerprint density at radius 3 is 2.75 bits per heavy atom. The molecule has 0 amide bonds. The molecule has 2 aromatic rings. The molecular weight excluding hydrogens is 278 g/mol. The van der Waals surface area contributed by atoms with E-state index in [4.69, 9.17) is 0 Å². The maximum Gasteiger partial charge on any atom is 0.147 e. The lowest BCUT2D eigenvalue weighted by atomic mass is 10.2. The SMILES string of the molecule is Fc1cc(NCc2cc[nH]c2)c(F)cc1Br. The number of hydrogen-bond acceptors (Lipinski definition) is 1. The molecule has 1 aromatic carbocycles. The first-order chi connectivity index (χ1) is 7.66. The van der Waals surface area contributed by atoms with Crippen LogP contribution in [0.2, 0.25) is 0 Å². The minimum Gasteiger partial charge on any atom is -0.378 e. The largest absolute Gasteiger partial charge is 0.378 e. The number of halogens is 3. The molecule has 0 bridgehead atoms. The van der Waals surface area contributed by atoms with E-state index < -0.39 is 11.6 Å². The second-order valence-corrected chi connectivity index (χ2v) is 4.17. The molecule has 0 aliphatic heterocycles. The quantitative estimate of drug-likeness (QED) is 0.828. The van der Waals surface area contributed by atoms with Gasteiger partial charge in [-0.25, -0.2) is 8.78 Å². The fourth-order valence-corrected chi connectivity index (χ4v) is 1.64. The highest BCUT2D eigenvalue weighted by molar-refractivity contribution is 9.10. The van der Waals surface area contributed by atoms with Crippen molar-refractivity contribution in [2.75, 3.05) is 5.32 Å². The van der Waals surface area contributed by atoms with Gasteiger partial charge in [-0.3, -0.25) is 0 Å². The number of benzene rings is 1. The smallest absolute Gasteiger partial charge is 0.147 e. The van der Waals surface area contributed by atoms with Crippen LogP contribution >= 0.6 is 15.9 Å². The molecule has 0 atom stereocenters. The van der Waals surface area contributed by atoms with Crippen molar-refractivity contribution in [1.29, 1.82) is 0 Å². The number of aromatic nitrogens is 1. The van der Waals surface area contributed by atoms with Crippen LogP contribution in [0.15, 0.2) is 35.1 Å². The third kappa shape index (κ3) is 2.41. The van der Waals surface area contributed by atoms with Crippen LogP contribution in [0.5, 0.6) is 0 Å². The zero-order valence-electron chi connectivity index (χ0n) is 8.23. The average molecular weight is 287 g/mol. The van der Waals surface area contributed by atoms with Crippen molar-refractivity contribution in [3.63, 3.8) is 0 Å². The highest BCUT2D eigenvalue weighted by Crippen LogP contribution is 2.23. The third-order valence-corrected chi connectivity index (χ3v) is 2.76. The van der Waals surface area contributed by atoms with E-state index in [1.807, 2.05) is 6.07 Å². The van der Waals surface area contributed by atoms with Crippen LogP contribution < -0.4 is 5.32 Å². The lowest BCUT2D eigenvalue weighted by Crippen LogP contribution is -2.01. The molecule has 84 valence electrons. The van der Waals surface area contributed by atoms with Crippen LogP contribution in [-0.4, -0.2) is 4.98 Å². The van der Waals surface area contributed by atoms with Crippen LogP contribution in [0.1, 0.15) is 5.56 Å². The molecule has 2 nitrogen and oxygen atoms in total. The van der Waals surface area contributed by atoms with E-state index in [1.54, 1.807) is 12.4 Å². The fourth-order valence-electron chi connectivity index (χ4n) is 1.32. The molecule has 2 N–H and O–H groups in total. The summed E-state index contributed by atoms with van der Waals surface area (Å²) >= 11 is 2.92. The third-order valence-electron chi connectivity index (χ3n) is 2.16. The van der Waals surface area contributed by atoms with E-state index >= 15 is 0 Å². The first-order valence-corrected chi connectivity index (χ1v) is 5.46. The van der Waals surface area contributed by atoms with E-state index in [2.05, 4.69) is 26.2 Å².